The molecule has 1 N–H and O–H groups in total. The SMILES string of the molecule is CCCSP(=NCCOC(C)=O)(OCC)OC(=O)Nc1ccccc1. The van der Waals surface area contributed by atoms with Crippen LogP contribution < -0.4 is 5.32 Å². The summed E-state index contributed by atoms with van der Waals surface area (Å²) in [4.78, 5) is 23.1. The van der Waals surface area contributed by atoms with Crippen LogP contribution in [0.25, 0.3) is 0 Å². The smallest absolute Gasteiger partial charge is 0.417 e. The van der Waals surface area contributed by atoms with Gasteiger partial charge < -0.3 is 13.8 Å². The van der Waals surface area contributed by atoms with Gasteiger partial charge in [-0.1, -0.05) is 25.1 Å². The summed E-state index contributed by atoms with van der Waals surface area (Å²) in [6, 6.07) is 9.01. The Morgan fingerprint density at radius 2 is 1.96 bits per heavy atom. The van der Waals surface area contributed by atoms with Crippen LogP contribution in [0.1, 0.15) is 27.2 Å². The number of ether oxygens (including phenoxy) is 1. The van der Waals surface area contributed by atoms with Crippen molar-refractivity contribution < 1.29 is 23.4 Å². The van der Waals surface area contributed by atoms with Crippen LogP contribution in [0.15, 0.2) is 35.1 Å². The number of anilines is 1. The second-order valence-corrected chi connectivity index (χ2v) is 9.28. The van der Waals surface area contributed by atoms with Gasteiger partial charge in [-0.25, -0.2) is 9.54 Å². The van der Waals surface area contributed by atoms with Crippen molar-refractivity contribution in [2.75, 3.05) is 30.8 Å². The minimum absolute atomic E-state index is 0.126. The van der Waals surface area contributed by atoms with Gasteiger partial charge in [0.2, 0.25) is 0 Å². The van der Waals surface area contributed by atoms with Gasteiger partial charge in [0.05, 0.1) is 13.2 Å². The highest BCUT2D eigenvalue weighted by Crippen LogP contribution is 2.64. The molecular formula is C16H25N2O5PS. The molecule has 0 heterocycles. The van der Waals surface area contributed by atoms with Crippen molar-refractivity contribution in [3.63, 3.8) is 0 Å². The number of nitrogens with zero attached hydrogens (tertiary/aromatic N) is 1. The van der Waals surface area contributed by atoms with E-state index in [0.29, 0.717) is 12.3 Å². The van der Waals surface area contributed by atoms with E-state index < -0.39 is 12.8 Å². The number of hydrogen-bond acceptors (Lipinski definition) is 7. The molecule has 0 aliphatic heterocycles. The van der Waals surface area contributed by atoms with Crippen LogP contribution in [-0.4, -0.2) is 37.6 Å². The van der Waals surface area contributed by atoms with Crippen LogP contribution in [-0.2, 0) is 18.6 Å². The number of carbonyl (C=O) groups is 2. The predicted octanol–water partition coefficient (Wildman–Crippen LogP) is 4.92. The van der Waals surface area contributed by atoms with E-state index in [0.717, 1.165) is 12.2 Å². The average molecular weight is 388 g/mol. The molecule has 1 aromatic carbocycles. The van der Waals surface area contributed by atoms with E-state index >= 15 is 0 Å². The highest BCUT2D eigenvalue weighted by molar-refractivity contribution is 8.55. The van der Waals surface area contributed by atoms with Crippen molar-refractivity contribution in [3.8, 4) is 0 Å². The molecule has 9 heteroatoms. The van der Waals surface area contributed by atoms with E-state index in [1.165, 1.54) is 18.3 Å². The first-order valence-electron chi connectivity index (χ1n) is 8.07. The van der Waals surface area contributed by atoms with Gasteiger partial charge in [0.25, 0.3) is 0 Å². The number of amides is 1. The molecule has 0 radical (unpaired) electrons. The zero-order valence-electron chi connectivity index (χ0n) is 14.8. The first kappa shape index (κ1) is 21.5. The van der Waals surface area contributed by atoms with Gasteiger partial charge in [0.1, 0.15) is 6.61 Å². The Bertz CT molecular complexity index is 597. The normalized spacial score (nSPS) is 12.8. The zero-order chi connectivity index (χ0) is 18.5. The molecule has 1 unspecified atom stereocenters. The number of nitrogens with one attached hydrogen (secondary N) is 1. The lowest BCUT2D eigenvalue weighted by molar-refractivity contribution is -0.140. The van der Waals surface area contributed by atoms with Crippen molar-refractivity contribution in [1.82, 2.24) is 0 Å². The number of para-hydroxylation sites is 1. The highest BCUT2D eigenvalue weighted by Gasteiger charge is 2.27. The molecule has 0 fully saturated rings. The Balaban J connectivity index is 2.84. The molecule has 0 saturated carbocycles. The second-order valence-electron chi connectivity index (χ2n) is 4.79. The van der Waals surface area contributed by atoms with Crippen LogP contribution >= 0.6 is 18.1 Å². The predicted molar refractivity (Wildman–Crippen MR) is 102 cm³/mol. The summed E-state index contributed by atoms with van der Waals surface area (Å²) in [6.45, 7) is 3.05. The van der Waals surface area contributed by atoms with E-state index in [1.807, 2.05) is 32.0 Å². The van der Waals surface area contributed by atoms with Crippen molar-refractivity contribution in [2.24, 2.45) is 4.74 Å². The minimum atomic E-state index is -2.83. The fraction of sp³-hybridized carbons (Fsp3) is 0.500. The molecule has 0 saturated heterocycles. The van der Waals surface area contributed by atoms with Gasteiger partial charge >= 0.3 is 18.8 Å². The lowest BCUT2D eigenvalue weighted by Crippen LogP contribution is -2.13. The molecule has 1 atom stereocenters. The molecule has 0 aliphatic rings. The molecular weight excluding hydrogens is 363 g/mol. The van der Waals surface area contributed by atoms with E-state index in [2.05, 4.69) is 10.1 Å². The van der Waals surface area contributed by atoms with E-state index in [-0.39, 0.29) is 19.1 Å². The van der Waals surface area contributed by atoms with Gasteiger partial charge in [0, 0.05) is 18.4 Å². The monoisotopic (exact) mass is 388 g/mol. The summed E-state index contributed by atoms with van der Waals surface area (Å²) in [6.07, 6.45) is 0.274. The molecule has 1 rings (SSSR count). The van der Waals surface area contributed by atoms with Crippen molar-refractivity contribution >= 4 is 35.8 Å². The highest BCUT2D eigenvalue weighted by atomic mass is 32.7. The Kier molecular flexibility index (Phi) is 10.3. The quantitative estimate of drug-likeness (QED) is 0.348. The van der Waals surface area contributed by atoms with Crippen LogP contribution in [0.5, 0.6) is 0 Å². The lowest BCUT2D eigenvalue weighted by atomic mass is 10.3. The van der Waals surface area contributed by atoms with E-state index in [9.17, 15) is 9.59 Å². The molecule has 1 aromatic rings. The summed E-state index contributed by atoms with van der Waals surface area (Å²) in [5.41, 5.74) is 0.627. The van der Waals surface area contributed by atoms with Gasteiger partial charge in [-0.15, -0.1) is 0 Å². The second kappa shape index (κ2) is 12.0. The third-order valence-corrected chi connectivity index (χ3v) is 7.50. The summed E-state index contributed by atoms with van der Waals surface area (Å²) in [5.74, 6) is 0.364. The molecule has 0 spiro atoms. The van der Waals surface area contributed by atoms with Crippen LogP contribution in [0.3, 0.4) is 0 Å². The average Bonchev–Trinajstić information content (AvgIpc) is 2.58. The first-order valence-corrected chi connectivity index (χ1v) is 11.2. The third kappa shape index (κ3) is 8.95. The Morgan fingerprint density at radius 3 is 2.56 bits per heavy atom. The summed E-state index contributed by atoms with van der Waals surface area (Å²) >= 11 is 1.39. The van der Waals surface area contributed by atoms with Crippen LogP contribution in [0.4, 0.5) is 10.5 Å². The topological polar surface area (TPSA) is 86.2 Å². The molecule has 140 valence electrons. The Labute approximate surface area is 152 Å². The van der Waals surface area contributed by atoms with Crippen LogP contribution in [0, 0.1) is 0 Å². The number of carbonyl (C=O) groups excluding carboxylic acids is 2. The van der Waals surface area contributed by atoms with Gasteiger partial charge in [-0.2, -0.15) is 0 Å². The number of benzene rings is 1. The molecule has 1 amide bonds. The van der Waals surface area contributed by atoms with Gasteiger partial charge in [-0.3, -0.25) is 10.1 Å². The summed E-state index contributed by atoms with van der Waals surface area (Å²) in [7, 11) is 0. The molecule has 0 bridgehead atoms. The first-order chi connectivity index (χ1) is 12.0. The number of rotatable bonds is 10. The maximum Gasteiger partial charge on any atom is 0.417 e. The molecule has 0 aromatic heterocycles. The van der Waals surface area contributed by atoms with Crippen molar-refractivity contribution in [2.45, 2.75) is 27.2 Å². The van der Waals surface area contributed by atoms with Gasteiger partial charge in [0.15, 0.2) is 0 Å². The van der Waals surface area contributed by atoms with Crippen molar-refractivity contribution in [3.05, 3.63) is 30.3 Å². The summed E-state index contributed by atoms with van der Waals surface area (Å²) in [5, 5.41) is 2.67. The molecule has 0 aliphatic carbocycles. The Morgan fingerprint density at radius 1 is 1.24 bits per heavy atom. The number of esters is 1. The zero-order valence-corrected chi connectivity index (χ0v) is 16.5. The third-order valence-electron chi connectivity index (χ3n) is 2.64. The number of hydrogen-bond donors (Lipinski definition) is 1. The van der Waals surface area contributed by atoms with E-state index in [1.54, 1.807) is 12.1 Å². The van der Waals surface area contributed by atoms with Crippen LogP contribution in [0.2, 0.25) is 0 Å². The lowest BCUT2D eigenvalue weighted by Gasteiger charge is -2.22. The standard InChI is InChI=1S/C16H25N2O5PS/c1-4-13-25-24(22-5-2,17-11-12-21-14(3)19)23-16(20)18-15-9-7-6-8-10-15/h6-10H,4-5,11-13H2,1-3H3,(H,18,20). The van der Waals surface area contributed by atoms with E-state index in [4.69, 9.17) is 13.8 Å². The van der Waals surface area contributed by atoms with Crippen molar-refractivity contribution in [1.29, 1.82) is 0 Å². The maximum atomic E-state index is 12.3. The largest absolute Gasteiger partial charge is 0.464 e. The molecule has 25 heavy (non-hydrogen) atoms. The fourth-order valence-corrected chi connectivity index (χ4v) is 6.04. The molecule has 7 nitrogen and oxygen atoms in total. The maximum absolute atomic E-state index is 12.3. The Hall–Kier alpha value is -1.50. The fourth-order valence-electron chi connectivity index (χ4n) is 1.69. The summed E-state index contributed by atoms with van der Waals surface area (Å²) < 4.78 is 20.6. The minimum Gasteiger partial charge on any atom is -0.464 e. The van der Waals surface area contributed by atoms with Gasteiger partial charge in [-0.05, 0) is 36.9 Å².